The molecule has 3 heteroatoms. The predicted octanol–water partition coefficient (Wildman–Crippen LogP) is 5.73. The summed E-state index contributed by atoms with van der Waals surface area (Å²) in [4.78, 5) is 0. The molecule has 0 heterocycles. The second-order valence-electron chi connectivity index (χ2n) is 7.11. The number of benzene rings is 3. The summed E-state index contributed by atoms with van der Waals surface area (Å²) in [5.41, 5.74) is 3.32. The molecule has 0 atom stereocenters. The van der Waals surface area contributed by atoms with Crippen LogP contribution in [0.3, 0.4) is 0 Å². The maximum Gasteiger partial charge on any atom is 2.00 e. The molecule has 0 amide bonds. The number of aliphatic hydroxyl groups excluding tert-OH is 1. The molecule has 0 aliphatic heterocycles. The number of hydrogen-bond acceptors (Lipinski definition) is 1. The van der Waals surface area contributed by atoms with Gasteiger partial charge in [0.2, 0.25) is 0 Å². The van der Waals surface area contributed by atoms with Gasteiger partial charge >= 0.3 is 17.1 Å². The van der Waals surface area contributed by atoms with E-state index in [1.165, 1.54) is 21.5 Å². The quantitative estimate of drug-likeness (QED) is 0.195. The molecular formula is C29H25FeOP. The van der Waals surface area contributed by atoms with Crippen LogP contribution in [0.4, 0.5) is 0 Å². The fourth-order valence-corrected chi connectivity index (χ4v) is 6.12. The van der Waals surface area contributed by atoms with Crippen LogP contribution in [0, 0.1) is 0 Å². The average Bonchev–Trinajstić information content (AvgIpc) is 3.56. The summed E-state index contributed by atoms with van der Waals surface area (Å²) in [5.74, 6) is 0. The van der Waals surface area contributed by atoms with E-state index in [4.69, 9.17) is 0 Å². The van der Waals surface area contributed by atoms with Crippen LogP contribution in [0.15, 0.2) is 133 Å². The van der Waals surface area contributed by atoms with E-state index in [0.717, 1.165) is 11.1 Å². The van der Waals surface area contributed by atoms with Crippen LogP contribution < -0.4 is 15.9 Å². The molecular weight excluding hydrogens is 451 g/mol. The summed E-state index contributed by atoms with van der Waals surface area (Å²) in [7, 11) is -0.671. The van der Waals surface area contributed by atoms with Crippen molar-refractivity contribution in [2.45, 2.75) is 6.61 Å². The van der Waals surface area contributed by atoms with Crippen LogP contribution in [0.2, 0.25) is 0 Å². The zero-order valence-corrected chi connectivity index (χ0v) is 19.7. The maximum absolute atomic E-state index is 9.74. The Morgan fingerprint density at radius 1 is 0.656 bits per heavy atom. The molecule has 0 fully saturated rings. The van der Waals surface area contributed by atoms with Gasteiger partial charge in [0.1, 0.15) is 0 Å². The van der Waals surface area contributed by atoms with Crippen molar-refractivity contribution in [1.29, 1.82) is 0 Å². The Kier molecular flexibility index (Phi) is 9.23. The third-order valence-corrected chi connectivity index (χ3v) is 7.60. The molecule has 5 rings (SSSR count). The van der Waals surface area contributed by atoms with Gasteiger partial charge in [-0.3, -0.25) is 0 Å². The SMILES string of the molecule is OCc1ccc[c-]1-c1ccccc1P(c1ccccc1)c1ccccc1.[Fe+2].c1cc[cH-]c1. The predicted molar refractivity (Wildman–Crippen MR) is 134 cm³/mol. The van der Waals surface area contributed by atoms with Gasteiger partial charge < -0.3 is 5.11 Å². The van der Waals surface area contributed by atoms with E-state index < -0.39 is 7.92 Å². The van der Waals surface area contributed by atoms with Crippen molar-refractivity contribution in [2.24, 2.45) is 0 Å². The molecule has 0 saturated carbocycles. The Morgan fingerprint density at radius 2 is 1.22 bits per heavy atom. The largest absolute Gasteiger partial charge is 2.00 e. The van der Waals surface area contributed by atoms with Crippen molar-refractivity contribution in [3.05, 3.63) is 139 Å². The van der Waals surface area contributed by atoms with Crippen molar-refractivity contribution >= 4 is 23.8 Å². The molecule has 160 valence electrons. The zero-order chi connectivity index (χ0) is 21.3. The van der Waals surface area contributed by atoms with Gasteiger partial charge in [0.25, 0.3) is 0 Å². The molecule has 1 nitrogen and oxygen atoms in total. The van der Waals surface area contributed by atoms with E-state index in [1.54, 1.807) is 0 Å². The van der Waals surface area contributed by atoms with Crippen LogP contribution in [0.5, 0.6) is 0 Å². The fourth-order valence-electron chi connectivity index (χ4n) is 3.66. The van der Waals surface area contributed by atoms with Crippen LogP contribution in [-0.4, -0.2) is 5.11 Å². The van der Waals surface area contributed by atoms with E-state index in [1.807, 2.05) is 42.5 Å². The monoisotopic (exact) mass is 476 g/mol. The van der Waals surface area contributed by atoms with Crippen molar-refractivity contribution in [3.63, 3.8) is 0 Å². The van der Waals surface area contributed by atoms with Crippen molar-refractivity contribution in [2.75, 3.05) is 0 Å². The van der Waals surface area contributed by atoms with Gasteiger partial charge in [-0.25, -0.2) is 12.1 Å². The fraction of sp³-hybridized carbons (Fsp3) is 0.0345. The van der Waals surface area contributed by atoms with Crippen LogP contribution in [0.25, 0.3) is 11.1 Å². The van der Waals surface area contributed by atoms with Crippen molar-refractivity contribution in [1.82, 2.24) is 0 Å². The minimum absolute atomic E-state index is 0. The van der Waals surface area contributed by atoms with Crippen LogP contribution in [0.1, 0.15) is 5.56 Å². The summed E-state index contributed by atoms with van der Waals surface area (Å²) in [6, 6.07) is 46.1. The normalized spacial score (nSPS) is 10.2. The number of aliphatic hydroxyl groups is 1. The van der Waals surface area contributed by atoms with Crippen molar-refractivity contribution in [3.8, 4) is 11.1 Å². The minimum Gasteiger partial charge on any atom is -0.393 e. The smallest absolute Gasteiger partial charge is 0.393 e. The van der Waals surface area contributed by atoms with Gasteiger partial charge in [0, 0.05) is 0 Å². The molecule has 0 aromatic heterocycles. The molecule has 0 bridgehead atoms. The first kappa shape index (κ1) is 23.9. The van der Waals surface area contributed by atoms with Gasteiger partial charge in [-0.1, -0.05) is 95.3 Å². The van der Waals surface area contributed by atoms with E-state index in [0.29, 0.717) is 0 Å². The molecule has 5 aromatic rings. The first-order valence-corrected chi connectivity index (χ1v) is 11.7. The summed E-state index contributed by atoms with van der Waals surface area (Å²) in [6.45, 7) is 0.0608. The molecule has 0 unspecified atom stereocenters. The summed E-state index contributed by atoms with van der Waals surface area (Å²) in [6.07, 6.45) is 0. The maximum atomic E-state index is 9.74. The topological polar surface area (TPSA) is 20.2 Å². The first-order chi connectivity index (χ1) is 15.4. The standard InChI is InChI=1S/C24H20OP.C5H5.Fe/c25-18-19-10-9-16-22(19)23-15-7-8-17-24(23)26(20-11-3-1-4-12-20)21-13-5-2-6-14-21;1-2-4-5-3-1;/h1-17,25H,18H2;1-5H;/q2*-1;+2. The second kappa shape index (κ2) is 12.3. The molecule has 0 saturated heterocycles. The van der Waals surface area contributed by atoms with Crippen LogP contribution >= 0.6 is 7.92 Å². The van der Waals surface area contributed by atoms with Crippen molar-refractivity contribution < 1.29 is 22.2 Å². The number of rotatable bonds is 5. The molecule has 0 radical (unpaired) electrons. The molecule has 0 aliphatic carbocycles. The Hall–Kier alpha value is -2.73. The van der Waals surface area contributed by atoms with E-state index >= 15 is 0 Å². The Labute approximate surface area is 202 Å². The first-order valence-electron chi connectivity index (χ1n) is 10.4. The average molecular weight is 476 g/mol. The van der Waals surface area contributed by atoms with Gasteiger partial charge in [0.05, 0.1) is 6.61 Å². The van der Waals surface area contributed by atoms with E-state index in [9.17, 15) is 5.11 Å². The molecule has 1 N–H and O–H groups in total. The van der Waals surface area contributed by atoms with Gasteiger partial charge in [0.15, 0.2) is 0 Å². The van der Waals surface area contributed by atoms with Crippen LogP contribution in [-0.2, 0) is 23.7 Å². The minimum atomic E-state index is -0.671. The van der Waals surface area contributed by atoms with Gasteiger partial charge in [-0.15, -0.1) is 23.8 Å². The summed E-state index contributed by atoms with van der Waals surface area (Å²) >= 11 is 0. The molecule has 32 heavy (non-hydrogen) atoms. The Morgan fingerprint density at radius 3 is 1.75 bits per heavy atom. The molecule has 0 aliphatic rings. The molecule has 5 aromatic carbocycles. The van der Waals surface area contributed by atoms with Gasteiger partial charge in [-0.05, 0) is 18.5 Å². The Balaban J connectivity index is 0.000000427. The van der Waals surface area contributed by atoms with E-state index in [2.05, 4.69) is 91.0 Å². The van der Waals surface area contributed by atoms with E-state index in [-0.39, 0.29) is 23.7 Å². The van der Waals surface area contributed by atoms with Gasteiger partial charge in [-0.2, -0.15) is 24.3 Å². The summed E-state index contributed by atoms with van der Waals surface area (Å²) in [5, 5.41) is 13.7. The molecule has 0 spiro atoms. The number of hydrogen-bond donors (Lipinski definition) is 1. The third-order valence-electron chi connectivity index (χ3n) is 5.10. The zero-order valence-electron chi connectivity index (χ0n) is 17.7. The third kappa shape index (κ3) is 5.74. The summed E-state index contributed by atoms with van der Waals surface area (Å²) < 4.78 is 0. The Bertz CT molecular complexity index is 1110. The second-order valence-corrected chi connectivity index (χ2v) is 9.29.